The first-order valence-corrected chi connectivity index (χ1v) is 6.86. The minimum absolute atomic E-state index is 0.613. The average Bonchev–Trinajstić information content (AvgIpc) is 2.89. The van der Waals surface area contributed by atoms with Crippen molar-refractivity contribution < 1.29 is 0 Å². The quantitative estimate of drug-likeness (QED) is 0.711. The number of aromatic nitrogens is 2. The fraction of sp³-hybridized carbons (Fsp3) is 0. The summed E-state index contributed by atoms with van der Waals surface area (Å²) in [5.74, 6) is 0. The maximum atomic E-state index is 9.42. The van der Waals surface area contributed by atoms with Crippen LogP contribution in [0.1, 0.15) is 11.1 Å². The van der Waals surface area contributed by atoms with Crippen molar-refractivity contribution >= 4 is 38.5 Å². The van der Waals surface area contributed by atoms with Crippen molar-refractivity contribution in [3.63, 3.8) is 0 Å². The van der Waals surface area contributed by atoms with Crippen LogP contribution in [0.4, 0.5) is 0 Å². The van der Waals surface area contributed by atoms with Crippen molar-refractivity contribution in [3.8, 4) is 6.07 Å². The van der Waals surface area contributed by atoms with E-state index in [2.05, 4.69) is 32.0 Å². The number of hydrogen-bond acceptors (Lipinski definition) is 2. The van der Waals surface area contributed by atoms with Crippen LogP contribution < -0.4 is 0 Å². The SMILES string of the molecule is N#C/C(=C\c1cncc(Br)c1)c1c[nH]c2ccccc12. The molecule has 0 radical (unpaired) electrons. The van der Waals surface area contributed by atoms with E-state index in [4.69, 9.17) is 0 Å². The molecule has 3 nitrogen and oxygen atoms in total. The molecule has 0 bridgehead atoms. The van der Waals surface area contributed by atoms with E-state index in [1.54, 1.807) is 12.4 Å². The van der Waals surface area contributed by atoms with E-state index in [-0.39, 0.29) is 0 Å². The fourth-order valence-corrected chi connectivity index (χ4v) is 2.52. The number of hydrogen-bond donors (Lipinski definition) is 1. The van der Waals surface area contributed by atoms with Crippen LogP contribution >= 0.6 is 15.9 Å². The van der Waals surface area contributed by atoms with Crippen molar-refractivity contribution in [1.29, 1.82) is 5.26 Å². The highest BCUT2D eigenvalue weighted by atomic mass is 79.9. The molecule has 1 aromatic carbocycles. The zero-order valence-electron chi connectivity index (χ0n) is 10.5. The Morgan fingerprint density at radius 1 is 1.30 bits per heavy atom. The Bertz CT molecular complexity index is 840. The Kier molecular flexibility index (Phi) is 3.36. The molecule has 0 saturated carbocycles. The zero-order chi connectivity index (χ0) is 13.9. The molecule has 2 heterocycles. The predicted octanol–water partition coefficient (Wildman–Crippen LogP) is 4.39. The standard InChI is InChI=1S/C16H10BrN3/c17-13-6-11(8-19-9-13)5-12(7-18)15-10-20-16-4-2-1-3-14(15)16/h1-6,8-10,20H/b12-5+. The number of nitrogens with one attached hydrogen (secondary N) is 1. The highest BCUT2D eigenvalue weighted by molar-refractivity contribution is 9.10. The van der Waals surface area contributed by atoms with Gasteiger partial charge in [0.15, 0.2) is 0 Å². The number of pyridine rings is 1. The Balaban J connectivity index is 2.13. The lowest BCUT2D eigenvalue weighted by Gasteiger charge is -1.98. The molecule has 0 atom stereocenters. The third-order valence-corrected chi connectivity index (χ3v) is 3.47. The predicted molar refractivity (Wildman–Crippen MR) is 83.7 cm³/mol. The van der Waals surface area contributed by atoms with Crippen LogP contribution in [0.15, 0.2) is 53.4 Å². The molecule has 2 aromatic heterocycles. The maximum absolute atomic E-state index is 9.42. The minimum atomic E-state index is 0.613. The number of nitrogens with zero attached hydrogens (tertiary/aromatic N) is 2. The lowest BCUT2D eigenvalue weighted by Crippen LogP contribution is -1.82. The van der Waals surface area contributed by atoms with Crippen LogP contribution in [0.2, 0.25) is 0 Å². The first-order chi connectivity index (χ1) is 9.78. The number of aromatic amines is 1. The Morgan fingerprint density at radius 3 is 2.95 bits per heavy atom. The zero-order valence-corrected chi connectivity index (χ0v) is 12.1. The molecule has 3 aromatic rings. The fourth-order valence-electron chi connectivity index (χ4n) is 2.14. The smallest absolute Gasteiger partial charge is 0.0998 e. The lowest BCUT2D eigenvalue weighted by atomic mass is 10.0. The number of nitriles is 1. The second-order valence-electron chi connectivity index (χ2n) is 4.35. The molecular weight excluding hydrogens is 314 g/mol. The normalized spacial score (nSPS) is 11.5. The average molecular weight is 324 g/mol. The summed E-state index contributed by atoms with van der Waals surface area (Å²) in [4.78, 5) is 7.29. The van der Waals surface area contributed by atoms with Gasteiger partial charge in [0.1, 0.15) is 0 Å². The summed E-state index contributed by atoms with van der Waals surface area (Å²) in [6.45, 7) is 0. The number of allylic oxidation sites excluding steroid dienone is 1. The molecule has 0 unspecified atom stereocenters. The monoisotopic (exact) mass is 323 g/mol. The molecule has 0 spiro atoms. The van der Waals surface area contributed by atoms with E-state index in [1.807, 2.05) is 42.6 Å². The Labute approximate surface area is 124 Å². The van der Waals surface area contributed by atoms with Crippen molar-refractivity contribution in [3.05, 3.63) is 64.5 Å². The topological polar surface area (TPSA) is 52.5 Å². The van der Waals surface area contributed by atoms with Crippen molar-refractivity contribution in [2.45, 2.75) is 0 Å². The summed E-state index contributed by atoms with van der Waals surface area (Å²) >= 11 is 3.38. The Morgan fingerprint density at radius 2 is 2.15 bits per heavy atom. The largest absolute Gasteiger partial charge is 0.361 e. The third-order valence-electron chi connectivity index (χ3n) is 3.04. The summed E-state index contributed by atoms with van der Waals surface area (Å²) in [6, 6.07) is 12.1. The number of benzene rings is 1. The molecule has 96 valence electrons. The van der Waals surface area contributed by atoms with Gasteiger partial charge in [-0.3, -0.25) is 4.98 Å². The summed E-state index contributed by atoms with van der Waals surface area (Å²) < 4.78 is 0.891. The maximum Gasteiger partial charge on any atom is 0.0998 e. The lowest BCUT2D eigenvalue weighted by molar-refractivity contribution is 1.30. The second-order valence-corrected chi connectivity index (χ2v) is 5.27. The number of H-pyrrole nitrogens is 1. The summed E-state index contributed by atoms with van der Waals surface area (Å²) in [7, 11) is 0. The minimum Gasteiger partial charge on any atom is -0.361 e. The van der Waals surface area contributed by atoms with E-state index in [0.717, 1.165) is 26.5 Å². The van der Waals surface area contributed by atoms with Gasteiger partial charge in [-0.2, -0.15) is 5.26 Å². The highest BCUT2D eigenvalue weighted by Crippen LogP contribution is 2.26. The van der Waals surface area contributed by atoms with Gasteiger partial charge >= 0.3 is 0 Å². The summed E-state index contributed by atoms with van der Waals surface area (Å²) in [5.41, 5.74) is 3.43. The van der Waals surface area contributed by atoms with Crippen molar-refractivity contribution in [1.82, 2.24) is 9.97 Å². The number of para-hydroxylation sites is 1. The summed E-state index contributed by atoms with van der Waals surface area (Å²) in [5, 5.41) is 10.5. The highest BCUT2D eigenvalue weighted by Gasteiger charge is 2.08. The van der Waals surface area contributed by atoms with E-state index in [9.17, 15) is 5.26 Å². The van der Waals surface area contributed by atoms with Gasteiger partial charge in [0.05, 0.1) is 11.6 Å². The molecule has 20 heavy (non-hydrogen) atoms. The molecule has 4 heteroatoms. The van der Waals surface area contributed by atoms with E-state index in [0.29, 0.717) is 5.57 Å². The first-order valence-electron chi connectivity index (χ1n) is 6.07. The van der Waals surface area contributed by atoms with Crippen LogP contribution in [0.5, 0.6) is 0 Å². The van der Waals surface area contributed by atoms with Gasteiger partial charge in [-0.1, -0.05) is 18.2 Å². The number of rotatable bonds is 2. The van der Waals surface area contributed by atoms with Gasteiger partial charge in [0, 0.05) is 39.5 Å². The van der Waals surface area contributed by atoms with E-state index >= 15 is 0 Å². The summed E-state index contributed by atoms with van der Waals surface area (Å²) in [6.07, 6.45) is 7.16. The number of halogens is 1. The Hall–Kier alpha value is -2.38. The van der Waals surface area contributed by atoms with Crippen LogP contribution in [-0.4, -0.2) is 9.97 Å². The van der Waals surface area contributed by atoms with Gasteiger partial charge < -0.3 is 4.98 Å². The molecule has 0 fully saturated rings. The molecule has 3 rings (SSSR count). The third kappa shape index (κ3) is 2.36. The van der Waals surface area contributed by atoms with Gasteiger partial charge in [0.2, 0.25) is 0 Å². The number of fused-ring (bicyclic) bond motifs is 1. The van der Waals surface area contributed by atoms with Crippen molar-refractivity contribution in [2.75, 3.05) is 0 Å². The van der Waals surface area contributed by atoms with Crippen LogP contribution in [0, 0.1) is 11.3 Å². The van der Waals surface area contributed by atoms with Crippen LogP contribution in [0.3, 0.4) is 0 Å². The second kappa shape index (κ2) is 5.32. The van der Waals surface area contributed by atoms with E-state index in [1.165, 1.54) is 0 Å². The van der Waals surface area contributed by atoms with E-state index < -0.39 is 0 Å². The van der Waals surface area contributed by atoms with Gasteiger partial charge in [-0.15, -0.1) is 0 Å². The van der Waals surface area contributed by atoms with Crippen molar-refractivity contribution in [2.24, 2.45) is 0 Å². The molecular formula is C16H10BrN3. The van der Waals surface area contributed by atoms with Gasteiger partial charge in [0.25, 0.3) is 0 Å². The van der Waals surface area contributed by atoms with Crippen LogP contribution in [-0.2, 0) is 0 Å². The molecule has 0 aliphatic heterocycles. The molecule has 1 N–H and O–H groups in total. The molecule has 0 saturated heterocycles. The molecule has 0 amide bonds. The first kappa shape index (κ1) is 12.6. The van der Waals surface area contributed by atoms with Gasteiger partial charge in [-0.05, 0) is 39.7 Å². The molecule has 0 aliphatic carbocycles. The van der Waals surface area contributed by atoms with Crippen LogP contribution in [0.25, 0.3) is 22.6 Å². The molecule has 0 aliphatic rings. The van der Waals surface area contributed by atoms with Gasteiger partial charge in [-0.25, -0.2) is 0 Å².